The summed E-state index contributed by atoms with van der Waals surface area (Å²) in [5.41, 5.74) is 0.230. The Morgan fingerprint density at radius 2 is 2.17 bits per heavy atom. The van der Waals surface area contributed by atoms with Crippen molar-refractivity contribution in [2.75, 3.05) is 26.7 Å². The monoisotopic (exact) mass is 255 g/mol. The van der Waals surface area contributed by atoms with E-state index in [0.29, 0.717) is 6.61 Å². The van der Waals surface area contributed by atoms with Crippen LogP contribution in [0.2, 0.25) is 0 Å². The van der Waals surface area contributed by atoms with Gasteiger partial charge in [-0.25, -0.2) is 4.39 Å². The third-order valence-electron chi connectivity index (χ3n) is 2.45. The minimum Gasteiger partial charge on any atom is -0.465 e. The predicted octanol–water partition coefficient (Wildman–Crippen LogP) is 1.35. The van der Waals surface area contributed by atoms with E-state index in [-0.39, 0.29) is 24.6 Å². The van der Waals surface area contributed by atoms with Gasteiger partial charge in [0.05, 0.1) is 19.3 Å². The van der Waals surface area contributed by atoms with Crippen LogP contribution in [0, 0.1) is 5.82 Å². The molecule has 0 amide bonds. The summed E-state index contributed by atoms with van der Waals surface area (Å²) >= 11 is 0. The maximum absolute atomic E-state index is 13.4. The van der Waals surface area contributed by atoms with E-state index in [9.17, 15) is 14.3 Å². The number of halogens is 1. The number of hydrogen-bond donors (Lipinski definition) is 1. The smallest absolute Gasteiger partial charge is 0.320 e. The summed E-state index contributed by atoms with van der Waals surface area (Å²) in [4.78, 5) is 12.8. The minimum absolute atomic E-state index is 0.0688. The van der Waals surface area contributed by atoms with E-state index < -0.39 is 11.9 Å². The molecule has 5 heteroatoms. The van der Waals surface area contributed by atoms with Crippen molar-refractivity contribution in [2.24, 2.45) is 0 Å². The Bertz CT molecular complexity index is 398. The number of ether oxygens (including phenoxy) is 1. The third kappa shape index (κ3) is 4.43. The van der Waals surface area contributed by atoms with Crippen molar-refractivity contribution in [1.82, 2.24) is 4.90 Å². The molecule has 0 fully saturated rings. The Balaban J connectivity index is 2.52. The van der Waals surface area contributed by atoms with Crippen LogP contribution in [0.5, 0.6) is 0 Å². The fraction of sp³-hybridized carbons (Fsp3) is 0.462. The molecule has 0 aliphatic carbocycles. The fourth-order valence-electron chi connectivity index (χ4n) is 1.63. The summed E-state index contributed by atoms with van der Waals surface area (Å²) in [5, 5.41) is 9.88. The molecular weight excluding hydrogens is 237 g/mol. The quantitative estimate of drug-likeness (QED) is 0.780. The maximum atomic E-state index is 13.4. The summed E-state index contributed by atoms with van der Waals surface area (Å²) in [7, 11) is 1.67. The Morgan fingerprint density at radius 1 is 1.50 bits per heavy atom. The van der Waals surface area contributed by atoms with Crippen LogP contribution in [0.25, 0.3) is 0 Å². The number of aliphatic hydroxyl groups is 1. The number of carbonyl (C=O) groups is 1. The molecule has 0 heterocycles. The van der Waals surface area contributed by atoms with E-state index in [1.807, 2.05) is 0 Å². The average molecular weight is 255 g/mol. The zero-order chi connectivity index (χ0) is 13.5. The number of esters is 1. The summed E-state index contributed by atoms with van der Waals surface area (Å²) in [6.45, 7) is 2.29. The molecule has 1 aromatic carbocycles. The van der Waals surface area contributed by atoms with E-state index in [0.717, 1.165) is 0 Å². The van der Waals surface area contributed by atoms with Crippen molar-refractivity contribution >= 4 is 5.97 Å². The second-order valence-corrected chi connectivity index (χ2v) is 4.04. The first-order valence-corrected chi connectivity index (χ1v) is 5.81. The van der Waals surface area contributed by atoms with E-state index >= 15 is 0 Å². The number of aliphatic hydroxyl groups excluding tert-OH is 1. The van der Waals surface area contributed by atoms with Gasteiger partial charge in [-0.2, -0.15) is 0 Å². The highest BCUT2D eigenvalue weighted by atomic mass is 19.1. The lowest BCUT2D eigenvalue weighted by atomic mass is 10.1. The predicted molar refractivity (Wildman–Crippen MR) is 65.5 cm³/mol. The fourth-order valence-corrected chi connectivity index (χ4v) is 1.63. The van der Waals surface area contributed by atoms with Crippen LogP contribution in [0.4, 0.5) is 4.39 Å². The zero-order valence-electron chi connectivity index (χ0n) is 10.6. The molecule has 1 rings (SSSR count). The van der Waals surface area contributed by atoms with Crippen LogP contribution in [0.15, 0.2) is 24.3 Å². The Kier molecular flexibility index (Phi) is 5.74. The highest BCUT2D eigenvalue weighted by Gasteiger charge is 2.16. The van der Waals surface area contributed by atoms with Gasteiger partial charge in [-0.1, -0.05) is 18.2 Å². The van der Waals surface area contributed by atoms with Crippen molar-refractivity contribution in [1.29, 1.82) is 0 Å². The van der Waals surface area contributed by atoms with Crippen LogP contribution >= 0.6 is 0 Å². The van der Waals surface area contributed by atoms with E-state index in [2.05, 4.69) is 0 Å². The molecular formula is C13H18FNO3. The van der Waals surface area contributed by atoms with Crippen LogP contribution < -0.4 is 0 Å². The SMILES string of the molecule is CCOC(=O)CN(C)CC(O)c1ccccc1F. The van der Waals surface area contributed by atoms with E-state index in [1.165, 1.54) is 12.1 Å². The topological polar surface area (TPSA) is 49.8 Å². The molecule has 0 bridgehead atoms. The molecule has 1 unspecified atom stereocenters. The molecule has 0 aromatic heterocycles. The van der Waals surface area contributed by atoms with Gasteiger partial charge in [0.15, 0.2) is 0 Å². The highest BCUT2D eigenvalue weighted by Crippen LogP contribution is 2.17. The van der Waals surface area contributed by atoms with Crippen LogP contribution in [0.1, 0.15) is 18.6 Å². The van der Waals surface area contributed by atoms with E-state index in [1.54, 1.807) is 31.0 Å². The minimum atomic E-state index is -0.967. The summed E-state index contributed by atoms with van der Waals surface area (Å²) in [6, 6.07) is 6.04. The molecule has 1 atom stereocenters. The lowest BCUT2D eigenvalue weighted by Gasteiger charge is -2.20. The standard InChI is InChI=1S/C13H18FNO3/c1-3-18-13(17)9-15(2)8-12(16)10-6-4-5-7-11(10)14/h4-7,12,16H,3,8-9H2,1-2H3. The number of carbonyl (C=O) groups excluding carboxylic acids is 1. The largest absolute Gasteiger partial charge is 0.465 e. The first kappa shape index (κ1) is 14.6. The summed E-state index contributed by atoms with van der Waals surface area (Å²) < 4.78 is 18.2. The summed E-state index contributed by atoms with van der Waals surface area (Å²) in [5.74, 6) is -0.810. The number of rotatable bonds is 6. The molecule has 0 aliphatic rings. The lowest BCUT2D eigenvalue weighted by molar-refractivity contribution is -0.144. The lowest BCUT2D eigenvalue weighted by Crippen LogP contribution is -2.31. The van der Waals surface area contributed by atoms with Crippen molar-refractivity contribution in [3.63, 3.8) is 0 Å². The van der Waals surface area contributed by atoms with Gasteiger partial charge in [0.2, 0.25) is 0 Å². The van der Waals surface area contributed by atoms with Gasteiger partial charge in [-0.3, -0.25) is 9.69 Å². The van der Waals surface area contributed by atoms with Gasteiger partial charge < -0.3 is 9.84 Å². The average Bonchev–Trinajstić information content (AvgIpc) is 2.29. The molecule has 100 valence electrons. The number of hydrogen-bond acceptors (Lipinski definition) is 4. The van der Waals surface area contributed by atoms with Crippen molar-refractivity contribution < 1.29 is 19.0 Å². The maximum Gasteiger partial charge on any atom is 0.320 e. The molecule has 18 heavy (non-hydrogen) atoms. The molecule has 0 radical (unpaired) electrons. The van der Waals surface area contributed by atoms with Gasteiger partial charge in [0.25, 0.3) is 0 Å². The Labute approximate surface area is 106 Å². The van der Waals surface area contributed by atoms with Gasteiger partial charge in [0.1, 0.15) is 5.82 Å². The Morgan fingerprint density at radius 3 is 2.78 bits per heavy atom. The number of nitrogens with zero attached hydrogens (tertiary/aromatic N) is 1. The molecule has 0 saturated carbocycles. The van der Waals surface area contributed by atoms with Crippen molar-refractivity contribution in [3.05, 3.63) is 35.6 Å². The molecule has 1 aromatic rings. The van der Waals surface area contributed by atoms with Crippen molar-refractivity contribution in [3.8, 4) is 0 Å². The molecule has 0 spiro atoms. The van der Waals surface area contributed by atoms with E-state index in [4.69, 9.17) is 4.74 Å². The molecule has 4 nitrogen and oxygen atoms in total. The van der Waals surface area contributed by atoms with Crippen LogP contribution in [-0.2, 0) is 9.53 Å². The third-order valence-corrected chi connectivity index (χ3v) is 2.45. The van der Waals surface area contributed by atoms with Crippen LogP contribution in [-0.4, -0.2) is 42.7 Å². The van der Waals surface area contributed by atoms with Gasteiger partial charge in [0, 0.05) is 12.1 Å². The second-order valence-electron chi connectivity index (χ2n) is 4.04. The normalized spacial score (nSPS) is 12.5. The number of likely N-dealkylation sites (N-methyl/N-ethyl adjacent to an activating group) is 1. The first-order chi connectivity index (χ1) is 8.54. The molecule has 0 saturated heterocycles. The second kappa shape index (κ2) is 7.08. The zero-order valence-corrected chi connectivity index (χ0v) is 10.6. The van der Waals surface area contributed by atoms with Gasteiger partial charge >= 0.3 is 5.97 Å². The molecule has 1 N–H and O–H groups in total. The number of benzene rings is 1. The van der Waals surface area contributed by atoms with Crippen LogP contribution in [0.3, 0.4) is 0 Å². The van der Waals surface area contributed by atoms with Gasteiger partial charge in [-0.15, -0.1) is 0 Å². The summed E-state index contributed by atoms with van der Waals surface area (Å²) in [6.07, 6.45) is -0.967. The van der Waals surface area contributed by atoms with Gasteiger partial charge in [-0.05, 0) is 20.0 Å². The van der Waals surface area contributed by atoms with Crippen molar-refractivity contribution in [2.45, 2.75) is 13.0 Å². The first-order valence-electron chi connectivity index (χ1n) is 5.81. The highest BCUT2D eigenvalue weighted by molar-refractivity contribution is 5.71. The Hall–Kier alpha value is -1.46. The molecule has 0 aliphatic heterocycles.